The second-order valence-corrected chi connectivity index (χ2v) is 10.1. The maximum atomic E-state index is 14.1. The molecule has 2 heterocycles. The van der Waals surface area contributed by atoms with E-state index in [0.29, 0.717) is 11.3 Å². The number of hydrogen-bond acceptors (Lipinski definition) is 7. The SMILES string of the molecule is NC(=O)c1nsc(C(=O)N(c2ccccc2)[C@@H](C(=O)NC2CCCCC2)c2ccc3ncccc3c2)c1N. The molecule has 10 heteroatoms. The number of nitrogens with zero attached hydrogens (tertiary/aromatic N) is 3. The monoisotopic (exact) mass is 528 g/mol. The van der Waals surface area contributed by atoms with Gasteiger partial charge in [-0.2, -0.15) is 4.37 Å². The molecule has 3 amide bonds. The highest BCUT2D eigenvalue weighted by atomic mass is 32.1. The molecule has 9 nitrogen and oxygen atoms in total. The zero-order chi connectivity index (χ0) is 26.6. The molecule has 1 fully saturated rings. The molecule has 0 unspecified atom stereocenters. The van der Waals surface area contributed by atoms with Crippen LogP contribution in [0.4, 0.5) is 11.4 Å². The summed E-state index contributed by atoms with van der Waals surface area (Å²) in [6.07, 6.45) is 6.73. The Hall–Kier alpha value is -4.31. The molecule has 1 aliphatic rings. The number of nitrogens with one attached hydrogen (secondary N) is 1. The van der Waals surface area contributed by atoms with Crippen molar-refractivity contribution in [2.75, 3.05) is 10.6 Å². The number of nitrogen functional groups attached to an aromatic ring is 1. The molecule has 1 saturated carbocycles. The molecule has 0 saturated heterocycles. The number of benzene rings is 2. The van der Waals surface area contributed by atoms with Crippen molar-refractivity contribution in [3.05, 3.63) is 83.0 Å². The number of anilines is 2. The summed E-state index contributed by atoms with van der Waals surface area (Å²) in [4.78, 5) is 45.9. The first-order valence-corrected chi connectivity index (χ1v) is 13.3. The number of pyridine rings is 1. The van der Waals surface area contributed by atoms with Crippen LogP contribution < -0.4 is 21.7 Å². The van der Waals surface area contributed by atoms with Crippen LogP contribution in [-0.4, -0.2) is 33.1 Å². The van der Waals surface area contributed by atoms with Gasteiger partial charge in [-0.25, -0.2) is 0 Å². The van der Waals surface area contributed by atoms with Crippen LogP contribution in [0.15, 0.2) is 66.9 Å². The van der Waals surface area contributed by atoms with E-state index in [-0.39, 0.29) is 28.2 Å². The van der Waals surface area contributed by atoms with Crippen molar-refractivity contribution in [3.63, 3.8) is 0 Å². The predicted molar refractivity (Wildman–Crippen MR) is 148 cm³/mol. The van der Waals surface area contributed by atoms with Gasteiger partial charge in [0, 0.05) is 23.3 Å². The molecule has 1 atom stereocenters. The van der Waals surface area contributed by atoms with E-state index >= 15 is 0 Å². The van der Waals surface area contributed by atoms with E-state index in [1.54, 1.807) is 30.5 Å². The second-order valence-electron chi connectivity index (χ2n) is 9.35. The maximum absolute atomic E-state index is 14.1. The summed E-state index contributed by atoms with van der Waals surface area (Å²) < 4.78 is 4.01. The molecule has 0 aliphatic heterocycles. The first-order chi connectivity index (χ1) is 18.4. The lowest BCUT2D eigenvalue weighted by molar-refractivity contribution is -0.123. The van der Waals surface area contributed by atoms with Crippen molar-refractivity contribution in [2.24, 2.45) is 5.73 Å². The minimum Gasteiger partial charge on any atom is -0.395 e. The highest BCUT2D eigenvalue weighted by Crippen LogP contribution is 2.34. The Kier molecular flexibility index (Phi) is 7.32. The zero-order valence-electron chi connectivity index (χ0n) is 20.7. The van der Waals surface area contributed by atoms with Gasteiger partial charge in [0.1, 0.15) is 10.9 Å². The fourth-order valence-corrected chi connectivity index (χ4v) is 5.66. The van der Waals surface area contributed by atoms with Crippen LogP contribution >= 0.6 is 11.5 Å². The zero-order valence-corrected chi connectivity index (χ0v) is 21.5. The van der Waals surface area contributed by atoms with E-state index in [2.05, 4.69) is 14.7 Å². The van der Waals surface area contributed by atoms with Crippen molar-refractivity contribution in [1.82, 2.24) is 14.7 Å². The number of aromatic nitrogens is 2. The Balaban J connectivity index is 1.64. The number of para-hydroxylation sites is 1. The van der Waals surface area contributed by atoms with Crippen molar-refractivity contribution in [2.45, 2.75) is 44.2 Å². The van der Waals surface area contributed by atoms with Gasteiger partial charge in [0.05, 0.1) is 11.2 Å². The minimum atomic E-state index is -1.02. The highest BCUT2D eigenvalue weighted by Gasteiger charge is 2.37. The summed E-state index contributed by atoms with van der Waals surface area (Å²) >= 11 is 0.789. The topological polar surface area (TPSA) is 144 Å². The molecule has 5 N–H and O–H groups in total. The molecular formula is C28H28N6O3S. The van der Waals surface area contributed by atoms with Crippen LogP contribution in [0.2, 0.25) is 0 Å². The van der Waals surface area contributed by atoms with Gasteiger partial charge in [-0.05, 0) is 60.3 Å². The molecule has 38 heavy (non-hydrogen) atoms. The van der Waals surface area contributed by atoms with E-state index in [1.165, 1.54) is 4.90 Å². The van der Waals surface area contributed by atoms with Gasteiger partial charge in [0.15, 0.2) is 5.69 Å². The van der Waals surface area contributed by atoms with Crippen LogP contribution in [0.25, 0.3) is 10.9 Å². The van der Waals surface area contributed by atoms with Gasteiger partial charge in [0.25, 0.3) is 11.8 Å². The average Bonchev–Trinajstić information content (AvgIpc) is 3.33. The molecule has 0 bridgehead atoms. The van der Waals surface area contributed by atoms with Crippen LogP contribution in [0, 0.1) is 0 Å². The Labute approximate surface area is 224 Å². The van der Waals surface area contributed by atoms with E-state index in [0.717, 1.165) is 54.5 Å². The summed E-state index contributed by atoms with van der Waals surface area (Å²) in [6, 6.07) is 17.2. The summed E-state index contributed by atoms with van der Waals surface area (Å²) in [6.45, 7) is 0. The largest absolute Gasteiger partial charge is 0.395 e. The molecule has 194 valence electrons. The van der Waals surface area contributed by atoms with Gasteiger partial charge in [-0.1, -0.05) is 49.6 Å². The Morgan fingerprint density at radius 2 is 1.76 bits per heavy atom. The smallest absolute Gasteiger partial charge is 0.273 e. The lowest BCUT2D eigenvalue weighted by atomic mass is 9.94. The second kappa shape index (κ2) is 11.0. The Bertz CT molecular complexity index is 1480. The summed E-state index contributed by atoms with van der Waals surface area (Å²) in [5, 5.41) is 4.04. The van der Waals surface area contributed by atoms with Crippen LogP contribution in [0.5, 0.6) is 0 Å². The summed E-state index contributed by atoms with van der Waals surface area (Å²) in [5.41, 5.74) is 13.2. The van der Waals surface area contributed by atoms with Crippen molar-refractivity contribution in [1.29, 1.82) is 0 Å². The third kappa shape index (κ3) is 5.08. The first-order valence-electron chi connectivity index (χ1n) is 12.5. The minimum absolute atomic E-state index is 0.0311. The van der Waals surface area contributed by atoms with Crippen LogP contribution in [0.3, 0.4) is 0 Å². The number of carbonyl (C=O) groups excluding carboxylic acids is 3. The molecule has 4 aromatic rings. The number of amides is 3. The normalized spacial score (nSPS) is 14.6. The van der Waals surface area contributed by atoms with E-state index in [4.69, 9.17) is 11.5 Å². The van der Waals surface area contributed by atoms with E-state index in [9.17, 15) is 14.4 Å². The molecule has 0 spiro atoms. The number of fused-ring (bicyclic) bond motifs is 1. The Morgan fingerprint density at radius 3 is 2.47 bits per heavy atom. The number of rotatable bonds is 7. The molecule has 0 radical (unpaired) electrons. The summed E-state index contributed by atoms with van der Waals surface area (Å²) in [7, 11) is 0. The van der Waals surface area contributed by atoms with Gasteiger partial charge in [0.2, 0.25) is 5.91 Å². The lowest BCUT2D eigenvalue weighted by Crippen LogP contribution is -2.47. The van der Waals surface area contributed by atoms with Gasteiger partial charge in [-0.15, -0.1) is 0 Å². The van der Waals surface area contributed by atoms with Crippen molar-refractivity contribution in [3.8, 4) is 0 Å². The lowest BCUT2D eigenvalue weighted by Gasteiger charge is -2.33. The van der Waals surface area contributed by atoms with E-state index < -0.39 is 17.9 Å². The van der Waals surface area contributed by atoms with Crippen LogP contribution in [0.1, 0.15) is 63.9 Å². The predicted octanol–water partition coefficient (Wildman–Crippen LogP) is 4.21. The number of carbonyl (C=O) groups is 3. The molecular weight excluding hydrogens is 500 g/mol. The quantitative estimate of drug-likeness (QED) is 0.328. The number of nitrogens with two attached hydrogens (primary N) is 2. The van der Waals surface area contributed by atoms with Gasteiger partial charge >= 0.3 is 0 Å². The standard InChI is InChI=1S/C28H28N6O3S/c29-22-23(26(30)35)33-38-25(22)28(37)34(20-11-5-2-6-12-20)24(27(36)32-19-9-3-1-4-10-19)18-13-14-21-17(16-18)8-7-15-31-21/h2,5-8,11-16,19,24H,1,3-4,9-10,29H2,(H2,30,35)(H,32,36)/t24-/m1/s1. The van der Waals surface area contributed by atoms with E-state index in [1.807, 2.05) is 36.4 Å². The first kappa shape index (κ1) is 25.3. The molecule has 2 aromatic carbocycles. The number of primary amides is 1. The highest BCUT2D eigenvalue weighted by molar-refractivity contribution is 7.09. The number of hydrogen-bond donors (Lipinski definition) is 3. The fourth-order valence-electron chi connectivity index (χ4n) is 4.92. The third-order valence-corrected chi connectivity index (χ3v) is 7.66. The van der Waals surface area contributed by atoms with Crippen molar-refractivity contribution < 1.29 is 14.4 Å². The van der Waals surface area contributed by atoms with Crippen LogP contribution in [-0.2, 0) is 4.79 Å². The molecule has 5 rings (SSSR count). The average molecular weight is 529 g/mol. The summed E-state index contributed by atoms with van der Waals surface area (Å²) in [5.74, 6) is -1.66. The molecule has 1 aliphatic carbocycles. The van der Waals surface area contributed by atoms with Gasteiger partial charge in [-0.3, -0.25) is 24.3 Å². The maximum Gasteiger partial charge on any atom is 0.273 e. The Morgan fingerprint density at radius 1 is 1.00 bits per heavy atom. The molecule has 2 aromatic heterocycles. The fraction of sp³-hybridized carbons (Fsp3) is 0.250. The van der Waals surface area contributed by atoms with Crippen molar-refractivity contribution >= 4 is 51.5 Å². The van der Waals surface area contributed by atoms with Gasteiger partial charge < -0.3 is 16.8 Å². The third-order valence-electron chi connectivity index (χ3n) is 6.81.